The van der Waals surface area contributed by atoms with Crippen molar-refractivity contribution in [3.63, 3.8) is 0 Å². The first kappa shape index (κ1) is 19.5. The van der Waals surface area contributed by atoms with Gasteiger partial charge < -0.3 is 9.47 Å². The Labute approximate surface area is 141 Å². The maximum atomic E-state index is 11.7. The van der Waals surface area contributed by atoms with E-state index in [0.29, 0.717) is 17.6 Å². The molecule has 130 valence electrons. The summed E-state index contributed by atoms with van der Waals surface area (Å²) < 4.78 is 10.4. The zero-order chi connectivity index (χ0) is 17.8. The molecule has 3 nitrogen and oxygen atoms in total. The van der Waals surface area contributed by atoms with Crippen molar-refractivity contribution in [2.45, 2.75) is 73.3 Å². The molecule has 1 rings (SSSR count). The highest BCUT2D eigenvalue weighted by Gasteiger charge is 2.27. The molecule has 0 fully saturated rings. The van der Waals surface area contributed by atoms with Crippen LogP contribution in [-0.4, -0.2) is 11.8 Å². The number of carbonyl (C=O) groups is 1. The minimum absolute atomic E-state index is 0.192. The number of benzene rings is 1. The molecule has 1 aromatic rings. The van der Waals surface area contributed by atoms with Gasteiger partial charge in [-0.25, -0.2) is 4.79 Å². The number of hydrogen-bond donors (Lipinski definition) is 0. The van der Waals surface area contributed by atoms with E-state index in [2.05, 4.69) is 46.8 Å². The lowest BCUT2D eigenvalue weighted by atomic mass is 9.72. The lowest BCUT2D eigenvalue weighted by molar-refractivity contribution is 0.0206. The Bertz CT molecular complexity index is 501. The van der Waals surface area contributed by atoms with Crippen LogP contribution in [-0.2, 0) is 4.74 Å². The van der Waals surface area contributed by atoms with Gasteiger partial charge in [-0.1, -0.05) is 46.8 Å². The first-order valence-electron chi connectivity index (χ1n) is 8.39. The van der Waals surface area contributed by atoms with Crippen molar-refractivity contribution < 1.29 is 14.3 Å². The van der Waals surface area contributed by atoms with Crippen LogP contribution in [0.25, 0.3) is 0 Å². The minimum atomic E-state index is -0.667. The quantitative estimate of drug-likeness (QED) is 0.491. The van der Waals surface area contributed by atoms with Crippen LogP contribution in [0.15, 0.2) is 24.3 Å². The summed E-state index contributed by atoms with van der Waals surface area (Å²) >= 11 is 0. The Kier molecular flexibility index (Phi) is 6.26. The second-order valence-corrected chi connectivity index (χ2v) is 8.68. The van der Waals surface area contributed by atoms with Gasteiger partial charge in [0.05, 0.1) is 0 Å². The molecule has 1 atom stereocenters. The molecule has 0 N–H and O–H groups in total. The van der Waals surface area contributed by atoms with Gasteiger partial charge in [0.1, 0.15) is 11.4 Å². The van der Waals surface area contributed by atoms with Crippen LogP contribution in [0.3, 0.4) is 0 Å². The second-order valence-electron chi connectivity index (χ2n) is 8.68. The zero-order valence-electron chi connectivity index (χ0n) is 15.9. The Morgan fingerprint density at radius 1 is 1.00 bits per heavy atom. The topological polar surface area (TPSA) is 35.5 Å². The molecule has 1 unspecified atom stereocenters. The van der Waals surface area contributed by atoms with Crippen LogP contribution in [0, 0.1) is 11.3 Å². The fourth-order valence-electron chi connectivity index (χ4n) is 2.60. The van der Waals surface area contributed by atoms with E-state index in [1.807, 2.05) is 32.9 Å². The van der Waals surface area contributed by atoms with Gasteiger partial charge in [0.15, 0.2) is 0 Å². The molecule has 0 aliphatic heterocycles. The SMILES string of the molecule is CC(C)CC(c1ccc(OC(=O)OC(C)(C)C)cc1)C(C)(C)C. The molecule has 0 saturated carbocycles. The predicted octanol–water partition coefficient (Wildman–Crippen LogP) is 6.18. The van der Waals surface area contributed by atoms with Crippen LogP contribution in [0.4, 0.5) is 4.79 Å². The smallest absolute Gasteiger partial charge is 0.428 e. The summed E-state index contributed by atoms with van der Waals surface area (Å²) in [6.07, 6.45) is 0.468. The van der Waals surface area contributed by atoms with Gasteiger partial charge in [0, 0.05) is 0 Å². The molecule has 0 aromatic heterocycles. The maximum absolute atomic E-state index is 11.7. The van der Waals surface area contributed by atoms with Crippen LogP contribution in [0.2, 0.25) is 0 Å². The van der Waals surface area contributed by atoms with Crippen molar-refractivity contribution >= 4 is 6.16 Å². The standard InChI is InChI=1S/C20H32O3/c1-14(2)13-17(19(3,4)5)15-9-11-16(12-10-15)22-18(21)23-20(6,7)8/h9-12,14,17H,13H2,1-8H3. The summed E-state index contributed by atoms with van der Waals surface area (Å²) in [5, 5.41) is 0. The van der Waals surface area contributed by atoms with E-state index in [1.165, 1.54) is 5.56 Å². The lowest BCUT2D eigenvalue weighted by Crippen LogP contribution is -2.26. The van der Waals surface area contributed by atoms with Gasteiger partial charge in [0.2, 0.25) is 0 Å². The van der Waals surface area contributed by atoms with Crippen LogP contribution in [0.1, 0.15) is 73.3 Å². The van der Waals surface area contributed by atoms with Gasteiger partial charge in [-0.05, 0) is 62.1 Å². The van der Waals surface area contributed by atoms with E-state index in [0.717, 1.165) is 6.42 Å². The van der Waals surface area contributed by atoms with Crippen molar-refractivity contribution in [1.82, 2.24) is 0 Å². The number of ether oxygens (including phenoxy) is 2. The Balaban J connectivity index is 2.84. The Hall–Kier alpha value is -1.51. The molecule has 0 spiro atoms. The van der Waals surface area contributed by atoms with Crippen molar-refractivity contribution in [2.24, 2.45) is 11.3 Å². The molecular weight excluding hydrogens is 288 g/mol. The van der Waals surface area contributed by atoms with E-state index in [9.17, 15) is 4.79 Å². The second kappa shape index (κ2) is 7.37. The Morgan fingerprint density at radius 3 is 1.91 bits per heavy atom. The van der Waals surface area contributed by atoms with Gasteiger partial charge >= 0.3 is 6.16 Å². The first-order chi connectivity index (χ1) is 10.4. The highest BCUT2D eigenvalue weighted by Crippen LogP contribution is 2.40. The third kappa shape index (κ3) is 7.06. The van der Waals surface area contributed by atoms with E-state index >= 15 is 0 Å². The summed E-state index contributed by atoms with van der Waals surface area (Å²) in [6, 6.07) is 7.80. The van der Waals surface area contributed by atoms with Gasteiger partial charge in [-0.2, -0.15) is 0 Å². The van der Waals surface area contributed by atoms with Crippen molar-refractivity contribution in [3.05, 3.63) is 29.8 Å². The van der Waals surface area contributed by atoms with Crippen LogP contribution < -0.4 is 4.74 Å². The normalized spacial score (nSPS) is 13.8. The predicted molar refractivity (Wildman–Crippen MR) is 95.0 cm³/mol. The fraction of sp³-hybridized carbons (Fsp3) is 0.650. The van der Waals surface area contributed by atoms with Crippen LogP contribution >= 0.6 is 0 Å². The van der Waals surface area contributed by atoms with Crippen molar-refractivity contribution in [2.75, 3.05) is 0 Å². The van der Waals surface area contributed by atoms with E-state index < -0.39 is 11.8 Å². The summed E-state index contributed by atoms with van der Waals surface area (Å²) in [4.78, 5) is 11.7. The van der Waals surface area contributed by atoms with E-state index in [1.54, 1.807) is 0 Å². The fourth-order valence-corrected chi connectivity index (χ4v) is 2.60. The lowest BCUT2D eigenvalue weighted by Gasteiger charge is -2.32. The molecule has 0 radical (unpaired) electrons. The third-order valence-electron chi connectivity index (χ3n) is 3.63. The highest BCUT2D eigenvalue weighted by molar-refractivity contribution is 5.64. The number of hydrogen-bond acceptors (Lipinski definition) is 3. The number of carbonyl (C=O) groups excluding carboxylic acids is 1. The summed E-state index contributed by atoms with van der Waals surface area (Å²) in [5.41, 5.74) is 0.923. The molecule has 1 aromatic carbocycles. The van der Waals surface area contributed by atoms with E-state index in [4.69, 9.17) is 9.47 Å². The van der Waals surface area contributed by atoms with Crippen molar-refractivity contribution in [3.8, 4) is 5.75 Å². The summed E-state index contributed by atoms with van der Waals surface area (Å²) in [6.45, 7) is 16.8. The Morgan fingerprint density at radius 2 is 1.52 bits per heavy atom. The monoisotopic (exact) mass is 320 g/mol. The largest absolute Gasteiger partial charge is 0.514 e. The average molecular weight is 320 g/mol. The van der Waals surface area contributed by atoms with Gasteiger partial charge in [0.25, 0.3) is 0 Å². The third-order valence-corrected chi connectivity index (χ3v) is 3.63. The molecular formula is C20H32O3. The molecule has 0 aliphatic rings. The zero-order valence-corrected chi connectivity index (χ0v) is 15.9. The highest BCUT2D eigenvalue weighted by atomic mass is 16.7. The summed E-state index contributed by atoms with van der Waals surface area (Å²) in [5.74, 6) is 1.62. The molecule has 0 amide bonds. The molecule has 3 heteroatoms. The van der Waals surface area contributed by atoms with Gasteiger partial charge in [-0.15, -0.1) is 0 Å². The maximum Gasteiger partial charge on any atom is 0.514 e. The first-order valence-corrected chi connectivity index (χ1v) is 8.39. The van der Waals surface area contributed by atoms with Crippen LogP contribution in [0.5, 0.6) is 5.75 Å². The van der Waals surface area contributed by atoms with E-state index in [-0.39, 0.29) is 5.41 Å². The molecule has 23 heavy (non-hydrogen) atoms. The van der Waals surface area contributed by atoms with Gasteiger partial charge in [-0.3, -0.25) is 0 Å². The van der Waals surface area contributed by atoms with Crippen molar-refractivity contribution in [1.29, 1.82) is 0 Å². The molecule has 0 aliphatic carbocycles. The molecule has 0 saturated heterocycles. The average Bonchev–Trinajstić information content (AvgIpc) is 2.33. The molecule has 0 heterocycles. The minimum Gasteiger partial charge on any atom is -0.428 e. The summed E-state index contributed by atoms with van der Waals surface area (Å²) in [7, 11) is 0. The number of rotatable bonds is 4. The molecule has 0 bridgehead atoms.